The lowest BCUT2D eigenvalue weighted by atomic mass is 10.1. The Morgan fingerprint density at radius 3 is 2.91 bits per heavy atom. The number of carbonyl (C=O) groups excluding carboxylic acids is 1. The van der Waals surface area contributed by atoms with Crippen LogP contribution in [0.5, 0.6) is 0 Å². The van der Waals surface area contributed by atoms with Crippen LogP contribution in [-0.2, 0) is 4.79 Å². The third-order valence-electron chi connectivity index (χ3n) is 1.94. The van der Waals surface area contributed by atoms with Crippen molar-refractivity contribution in [3.05, 3.63) is 24.3 Å². The van der Waals surface area contributed by atoms with E-state index in [0.29, 0.717) is 5.78 Å². The molecule has 0 unspecified atom stereocenters. The summed E-state index contributed by atoms with van der Waals surface area (Å²) >= 11 is 0. The van der Waals surface area contributed by atoms with Gasteiger partial charge >= 0.3 is 0 Å². The highest BCUT2D eigenvalue weighted by Crippen LogP contribution is 2.17. The fourth-order valence-electron chi connectivity index (χ4n) is 1.37. The lowest BCUT2D eigenvalue weighted by molar-refractivity contribution is -0.114. The van der Waals surface area contributed by atoms with Gasteiger partial charge in [-0.05, 0) is 31.8 Å². The first kappa shape index (κ1) is 8.25. The van der Waals surface area contributed by atoms with Gasteiger partial charge in [0.2, 0.25) is 0 Å². The molecule has 1 nitrogen and oxygen atoms in total. The molecule has 0 saturated heterocycles. The molecule has 0 amide bonds. The monoisotopic (exact) mass is 150 g/mol. The Morgan fingerprint density at radius 2 is 2.18 bits per heavy atom. The van der Waals surface area contributed by atoms with Crippen LogP contribution in [0.3, 0.4) is 0 Å². The normalized spacial score (nSPS) is 18.9. The van der Waals surface area contributed by atoms with E-state index in [1.165, 1.54) is 5.57 Å². The third kappa shape index (κ3) is 2.71. The number of ketones is 1. The zero-order valence-corrected chi connectivity index (χ0v) is 6.81. The third-order valence-corrected chi connectivity index (χ3v) is 1.94. The zero-order chi connectivity index (χ0) is 8.10. The summed E-state index contributed by atoms with van der Waals surface area (Å²) in [6, 6.07) is 0. The fourth-order valence-corrected chi connectivity index (χ4v) is 1.37. The number of hydrogen-bond acceptors (Lipinski definition) is 1. The standard InChI is InChI=1S/C10H14O/c1-2-5-9-6-3-4-7-10(11)8-9/h2,8H,1,3-7H2. The van der Waals surface area contributed by atoms with E-state index in [0.717, 1.165) is 32.1 Å². The van der Waals surface area contributed by atoms with Crippen LogP contribution < -0.4 is 0 Å². The predicted octanol–water partition coefficient (Wildman–Crippen LogP) is 2.63. The van der Waals surface area contributed by atoms with Gasteiger partial charge in [0.1, 0.15) is 0 Å². The topological polar surface area (TPSA) is 17.1 Å². The molecule has 1 heteroatoms. The molecule has 0 saturated carbocycles. The van der Waals surface area contributed by atoms with Gasteiger partial charge in [0.25, 0.3) is 0 Å². The molecule has 11 heavy (non-hydrogen) atoms. The average molecular weight is 150 g/mol. The van der Waals surface area contributed by atoms with E-state index in [9.17, 15) is 4.79 Å². The van der Waals surface area contributed by atoms with E-state index in [4.69, 9.17) is 0 Å². The lowest BCUT2D eigenvalue weighted by Gasteiger charge is -1.97. The Bertz CT molecular complexity index is 189. The van der Waals surface area contributed by atoms with E-state index in [-0.39, 0.29) is 0 Å². The van der Waals surface area contributed by atoms with Gasteiger partial charge in [-0.25, -0.2) is 0 Å². The van der Waals surface area contributed by atoms with Gasteiger partial charge in [0.15, 0.2) is 5.78 Å². The summed E-state index contributed by atoms with van der Waals surface area (Å²) in [5.74, 6) is 0.291. The quantitative estimate of drug-likeness (QED) is 0.553. The van der Waals surface area contributed by atoms with Gasteiger partial charge in [-0.1, -0.05) is 11.6 Å². The highest BCUT2D eigenvalue weighted by Gasteiger charge is 2.06. The Kier molecular flexibility index (Phi) is 3.09. The van der Waals surface area contributed by atoms with Crippen LogP contribution in [0.25, 0.3) is 0 Å². The second-order valence-corrected chi connectivity index (χ2v) is 2.97. The molecule has 0 N–H and O–H groups in total. The van der Waals surface area contributed by atoms with Crippen molar-refractivity contribution in [1.29, 1.82) is 0 Å². The molecule has 0 aliphatic heterocycles. The molecule has 1 aliphatic rings. The SMILES string of the molecule is C=CCC1=CC(=O)CCCC1. The van der Waals surface area contributed by atoms with Crippen molar-refractivity contribution < 1.29 is 4.79 Å². The van der Waals surface area contributed by atoms with Crippen molar-refractivity contribution in [2.75, 3.05) is 0 Å². The Hall–Kier alpha value is -0.850. The highest BCUT2D eigenvalue weighted by atomic mass is 16.1. The molecule has 60 valence electrons. The molecular formula is C10H14O. The van der Waals surface area contributed by atoms with Gasteiger partial charge in [-0.15, -0.1) is 6.58 Å². The summed E-state index contributed by atoms with van der Waals surface area (Å²) < 4.78 is 0. The van der Waals surface area contributed by atoms with Gasteiger partial charge in [0, 0.05) is 6.42 Å². The van der Waals surface area contributed by atoms with Crippen LogP contribution in [-0.4, -0.2) is 5.78 Å². The molecule has 0 atom stereocenters. The summed E-state index contributed by atoms with van der Waals surface area (Å²) in [4.78, 5) is 11.1. The minimum Gasteiger partial charge on any atom is -0.295 e. The van der Waals surface area contributed by atoms with E-state index in [1.54, 1.807) is 6.08 Å². The van der Waals surface area contributed by atoms with Gasteiger partial charge < -0.3 is 0 Å². The minimum absolute atomic E-state index is 0.291. The molecule has 0 radical (unpaired) electrons. The molecule has 0 fully saturated rings. The average Bonchev–Trinajstić information content (AvgIpc) is 2.15. The van der Waals surface area contributed by atoms with E-state index >= 15 is 0 Å². The molecule has 0 aromatic carbocycles. The summed E-state index contributed by atoms with van der Waals surface area (Å²) in [6.45, 7) is 3.66. The molecule has 1 aliphatic carbocycles. The lowest BCUT2D eigenvalue weighted by Crippen LogP contribution is -1.89. The summed E-state index contributed by atoms with van der Waals surface area (Å²) in [7, 11) is 0. The zero-order valence-electron chi connectivity index (χ0n) is 6.81. The number of carbonyl (C=O) groups is 1. The number of rotatable bonds is 2. The Labute approximate surface area is 67.8 Å². The number of allylic oxidation sites excluding steroid dienone is 3. The maximum atomic E-state index is 11.1. The van der Waals surface area contributed by atoms with Crippen LogP contribution in [0.1, 0.15) is 32.1 Å². The molecule has 0 bridgehead atoms. The minimum atomic E-state index is 0.291. The second-order valence-electron chi connectivity index (χ2n) is 2.97. The summed E-state index contributed by atoms with van der Waals surface area (Å²) in [5.41, 5.74) is 1.25. The molecule has 0 heterocycles. The van der Waals surface area contributed by atoms with Crippen LogP contribution in [0.15, 0.2) is 24.3 Å². The smallest absolute Gasteiger partial charge is 0.155 e. The summed E-state index contributed by atoms with van der Waals surface area (Å²) in [6.07, 6.45) is 8.57. The van der Waals surface area contributed by atoms with Crippen molar-refractivity contribution in [3.63, 3.8) is 0 Å². The molecule has 0 aromatic heterocycles. The first-order valence-electron chi connectivity index (χ1n) is 4.16. The Balaban J connectivity index is 2.58. The largest absolute Gasteiger partial charge is 0.295 e. The van der Waals surface area contributed by atoms with Crippen LogP contribution in [0, 0.1) is 0 Å². The predicted molar refractivity (Wildman–Crippen MR) is 46.4 cm³/mol. The summed E-state index contributed by atoms with van der Waals surface area (Å²) in [5, 5.41) is 0. The van der Waals surface area contributed by atoms with E-state index < -0.39 is 0 Å². The van der Waals surface area contributed by atoms with Crippen molar-refractivity contribution in [2.45, 2.75) is 32.1 Å². The van der Waals surface area contributed by atoms with Crippen LogP contribution in [0.2, 0.25) is 0 Å². The van der Waals surface area contributed by atoms with Gasteiger partial charge in [0.05, 0.1) is 0 Å². The molecule has 0 spiro atoms. The van der Waals surface area contributed by atoms with Crippen molar-refractivity contribution in [3.8, 4) is 0 Å². The first-order valence-corrected chi connectivity index (χ1v) is 4.16. The van der Waals surface area contributed by atoms with Gasteiger partial charge in [-0.3, -0.25) is 4.79 Å². The molecule has 1 rings (SSSR count). The van der Waals surface area contributed by atoms with Crippen LogP contribution >= 0.6 is 0 Å². The van der Waals surface area contributed by atoms with Crippen molar-refractivity contribution in [2.24, 2.45) is 0 Å². The van der Waals surface area contributed by atoms with Gasteiger partial charge in [-0.2, -0.15) is 0 Å². The van der Waals surface area contributed by atoms with Crippen LogP contribution in [0.4, 0.5) is 0 Å². The first-order chi connectivity index (χ1) is 5.33. The van der Waals surface area contributed by atoms with E-state index in [1.807, 2.05) is 6.08 Å². The second kappa shape index (κ2) is 4.12. The van der Waals surface area contributed by atoms with Crippen molar-refractivity contribution >= 4 is 5.78 Å². The highest BCUT2D eigenvalue weighted by molar-refractivity contribution is 5.90. The van der Waals surface area contributed by atoms with Crippen molar-refractivity contribution in [1.82, 2.24) is 0 Å². The molecular weight excluding hydrogens is 136 g/mol. The molecule has 0 aromatic rings. The maximum Gasteiger partial charge on any atom is 0.155 e. The fraction of sp³-hybridized carbons (Fsp3) is 0.500. The maximum absolute atomic E-state index is 11.1. The van der Waals surface area contributed by atoms with E-state index in [2.05, 4.69) is 6.58 Å². The number of hydrogen-bond donors (Lipinski definition) is 0. The Morgan fingerprint density at radius 1 is 1.45 bits per heavy atom.